The lowest BCUT2D eigenvalue weighted by atomic mass is 10.0. The molecule has 0 radical (unpaired) electrons. The highest BCUT2D eigenvalue weighted by Gasteiger charge is 2.30. The number of hydrogen-bond acceptors (Lipinski definition) is 5. The van der Waals surface area contributed by atoms with Gasteiger partial charge in [0.25, 0.3) is 11.8 Å². The molecule has 5 rings (SSSR count). The second-order valence-corrected chi connectivity index (χ2v) is 9.38. The van der Waals surface area contributed by atoms with Crippen molar-refractivity contribution in [3.63, 3.8) is 0 Å². The Morgan fingerprint density at radius 3 is 2.56 bits per heavy atom. The fourth-order valence-electron chi connectivity index (χ4n) is 4.82. The van der Waals surface area contributed by atoms with Gasteiger partial charge in [-0.05, 0) is 48.4 Å². The van der Waals surface area contributed by atoms with E-state index in [4.69, 9.17) is 4.74 Å². The van der Waals surface area contributed by atoms with Crippen LogP contribution in [-0.4, -0.2) is 64.2 Å². The number of hydrogen-bond donors (Lipinski definition) is 1. The van der Waals surface area contributed by atoms with Crippen LogP contribution >= 0.6 is 0 Å². The summed E-state index contributed by atoms with van der Waals surface area (Å²) >= 11 is 0. The van der Waals surface area contributed by atoms with E-state index in [2.05, 4.69) is 15.3 Å². The van der Waals surface area contributed by atoms with Gasteiger partial charge in [-0.25, -0.2) is 4.39 Å². The molecular weight excluding hydrogens is 461 g/mol. The number of anilines is 1. The molecule has 2 aromatic carbocycles. The summed E-state index contributed by atoms with van der Waals surface area (Å²) in [5.74, 6) is -0.563. The van der Waals surface area contributed by atoms with Gasteiger partial charge in [0, 0.05) is 68.7 Å². The van der Waals surface area contributed by atoms with Gasteiger partial charge in [0.2, 0.25) is 0 Å². The van der Waals surface area contributed by atoms with Gasteiger partial charge in [0.05, 0.1) is 13.2 Å². The summed E-state index contributed by atoms with van der Waals surface area (Å²) in [5, 5.41) is 7.39. The summed E-state index contributed by atoms with van der Waals surface area (Å²) in [6.45, 7) is 6.19. The number of nitrogens with zero attached hydrogens (tertiary/aromatic N) is 4. The summed E-state index contributed by atoms with van der Waals surface area (Å²) in [6.07, 6.45) is 0.826. The van der Waals surface area contributed by atoms with Crippen LogP contribution in [0.4, 0.5) is 10.1 Å². The predicted molar refractivity (Wildman–Crippen MR) is 133 cm³/mol. The summed E-state index contributed by atoms with van der Waals surface area (Å²) in [6, 6.07) is 12.0. The van der Waals surface area contributed by atoms with Gasteiger partial charge in [-0.1, -0.05) is 12.1 Å². The first-order chi connectivity index (χ1) is 17.4. The van der Waals surface area contributed by atoms with E-state index in [1.54, 1.807) is 31.2 Å². The molecule has 0 atom stereocenters. The van der Waals surface area contributed by atoms with Gasteiger partial charge in [-0.3, -0.25) is 19.2 Å². The summed E-state index contributed by atoms with van der Waals surface area (Å²) < 4.78 is 20.7. The van der Waals surface area contributed by atoms with Gasteiger partial charge in [-0.2, -0.15) is 5.10 Å². The Kier molecular flexibility index (Phi) is 6.84. The lowest BCUT2D eigenvalue weighted by Gasteiger charge is -2.29. The summed E-state index contributed by atoms with van der Waals surface area (Å²) in [5.41, 5.74) is 5.33. The number of carbonyl (C=O) groups is 2. The SMILES string of the molecule is Cc1cc(NC(=O)c2ccc(CN3CCc4c(c(C(=O)N5CCOCC5)nn4C)C3)cc2)ccc1F. The first kappa shape index (κ1) is 24.1. The molecule has 0 saturated carbocycles. The molecule has 8 nitrogen and oxygen atoms in total. The predicted octanol–water partition coefficient (Wildman–Crippen LogP) is 3.15. The average molecular weight is 492 g/mol. The summed E-state index contributed by atoms with van der Waals surface area (Å²) in [4.78, 5) is 29.9. The Morgan fingerprint density at radius 2 is 1.83 bits per heavy atom. The smallest absolute Gasteiger partial charge is 0.274 e. The normalized spacial score (nSPS) is 16.0. The number of rotatable bonds is 5. The van der Waals surface area contributed by atoms with Crippen molar-refractivity contribution in [3.05, 3.63) is 81.9 Å². The molecule has 0 aliphatic carbocycles. The molecule has 3 heterocycles. The number of aromatic nitrogens is 2. The minimum Gasteiger partial charge on any atom is -0.378 e. The van der Waals surface area contributed by atoms with Gasteiger partial charge >= 0.3 is 0 Å². The number of halogens is 1. The minimum absolute atomic E-state index is 0.0243. The van der Waals surface area contributed by atoms with Crippen LogP contribution in [0.2, 0.25) is 0 Å². The van der Waals surface area contributed by atoms with Gasteiger partial charge < -0.3 is 15.0 Å². The van der Waals surface area contributed by atoms with Crippen molar-refractivity contribution in [1.29, 1.82) is 0 Å². The number of nitrogens with one attached hydrogen (secondary N) is 1. The second-order valence-electron chi connectivity index (χ2n) is 9.38. The molecule has 2 aliphatic heterocycles. The molecule has 1 saturated heterocycles. The van der Waals surface area contributed by atoms with Crippen LogP contribution in [-0.2, 0) is 31.3 Å². The first-order valence-electron chi connectivity index (χ1n) is 12.2. The monoisotopic (exact) mass is 491 g/mol. The van der Waals surface area contributed by atoms with Crippen molar-refractivity contribution < 1.29 is 18.7 Å². The fourth-order valence-corrected chi connectivity index (χ4v) is 4.82. The van der Waals surface area contributed by atoms with Crippen LogP contribution in [0.5, 0.6) is 0 Å². The van der Waals surface area contributed by atoms with Gasteiger partial charge in [-0.15, -0.1) is 0 Å². The molecule has 188 valence electrons. The van der Waals surface area contributed by atoms with Crippen molar-refractivity contribution in [2.24, 2.45) is 7.05 Å². The molecule has 1 aromatic heterocycles. The molecule has 1 N–H and O–H groups in total. The molecule has 0 spiro atoms. The zero-order valence-electron chi connectivity index (χ0n) is 20.6. The fraction of sp³-hybridized carbons (Fsp3) is 0.370. The Morgan fingerprint density at radius 1 is 1.08 bits per heavy atom. The molecule has 36 heavy (non-hydrogen) atoms. The maximum Gasteiger partial charge on any atom is 0.274 e. The van der Waals surface area contributed by atoms with Crippen LogP contribution < -0.4 is 5.32 Å². The number of ether oxygens (including phenoxy) is 1. The largest absolute Gasteiger partial charge is 0.378 e. The number of fused-ring (bicyclic) bond motifs is 1. The van der Waals surface area contributed by atoms with Gasteiger partial charge in [0.15, 0.2) is 5.69 Å². The topological polar surface area (TPSA) is 79.7 Å². The number of benzene rings is 2. The van der Waals surface area contributed by atoms with Crippen molar-refractivity contribution in [2.75, 3.05) is 38.2 Å². The minimum atomic E-state index is -0.300. The van der Waals surface area contributed by atoms with E-state index < -0.39 is 0 Å². The van der Waals surface area contributed by atoms with Crippen LogP contribution in [0.15, 0.2) is 42.5 Å². The highest BCUT2D eigenvalue weighted by Crippen LogP contribution is 2.25. The number of amides is 2. The van der Waals surface area contributed by atoms with Crippen molar-refractivity contribution in [2.45, 2.75) is 26.4 Å². The molecular formula is C27H30FN5O3. The average Bonchev–Trinajstić information content (AvgIpc) is 3.22. The third kappa shape index (κ3) is 5.03. The zero-order valence-corrected chi connectivity index (χ0v) is 20.6. The van der Waals surface area contributed by atoms with Crippen LogP contribution in [0.25, 0.3) is 0 Å². The van der Waals surface area contributed by atoms with E-state index in [-0.39, 0.29) is 17.6 Å². The zero-order chi connectivity index (χ0) is 25.2. The van der Waals surface area contributed by atoms with E-state index in [1.807, 2.05) is 28.8 Å². The van der Waals surface area contributed by atoms with E-state index in [0.717, 1.165) is 29.8 Å². The number of aryl methyl sites for hydroxylation is 2. The Labute approximate surface area is 209 Å². The lowest BCUT2D eigenvalue weighted by molar-refractivity contribution is 0.0297. The van der Waals surface area contributed by atoms with E-state index in [0.29, 0.717) is 61.9 Å². The standard InChI is InChI=1S/C27H30FN5O3/c1-18-15-21(7-8-23(18)28)29-26(34)20-5-3-19(4-6-20)16-32-10-9-24-22(17-32)25(30-31(24)2)27(35)33-11-13-36-14-12-33/h3-8,15H,9-14,16-17H2,1-2H3,(H,29,34). The first-order valence-corrected chi connectivity index (χ1v) is 12.2. The van der Waals surface area contributed by atoms with Crippen molar-refractivity contribution >= 4 is 17.5 Å². The van der Waals surface area contributed by atoms with E-state index in [9.17, 15) is 14.0 Å². The lowest BCUT2D eigenvalue weighted by Crippen LogP contribution is -2.41. The maximum atomic E-state index is 13.5. The molecule has 2 aliphatic rings. The molecule has 9 heteroatoms. The maximum absolute atomic E-state index is 13.5. The quantitative estimate of drug-likeness (QED) is 0.593. The molecule has 1 fully saturated rings. The Hall–Kier alpha value is -3.56. The highest BCUT2D eigenvalue weighted by atomic mass is 19.1. The highest BCUT2D eigenvalue weighted by molar-refractivity contribution is 6.04. The number of morpholine rings is 1. The van der Waals surface area contributed by atoms with E-state index >= 15 is 0 Å². The van der Waals surface area contributed by atoms with Gasteiger partial charge in [0.1, 0.15) is 5.82 Å². The Bertz CT molecular complexity index is 1280. The Balaban J connectivity index is 1.24. The molecule has 2 amide bonds. The third-order valence-electron chi connectivity index (χ3n) is 6.86. The van der Waals surface area contributed by atoms with E-state index in [1.165, 1.54) is 6.07 Å². The van der Waals surface area contributed by atoms with Crippen LogP contribution in [0.3, 0.4) is 0 Å². The number of carbonyl (C=O) groups excluding carboxylic acids is 2. The summed E-state index contributed by atoms with van der Waals surface area (Å²) in [7, 11) is 1.90. The van der Waals surface area contributed by atoms with Crippen LogP contribution in [0.1, 0.15) is 43.2 Å². The molecule has 0 unspecified atom stereocenters. The molecule has 0 bridgehead atoms. The van der Waals surface area contributed by atoms with Crippen molar-refractivity contribution in [3.8, 4) is 0 Å². The third-order valence-corrected chi connectivity index (χ3v) is 6.86. The molecule has 3 aromatic rings. The second kappa shape index (κ2) is 10.2. The van der Waals surface area contributed by atoms with Crippen LogP contribution in [0, 0.1) is 12.7 Å². The van der Waals surface area contributed by atoms with Crippen molar-refractivity contribution in [1.82, 2.24) is 19.6 Å².